The van der Waals surface area contributed by atoms with Gasteiger partial charge in [-0.1, -0.05) is 29.8 Å². The van der Waals surface area contributed by atoms with Crippen LogP contribution in [0.25, 0.3) is 0 Å². The second kappa shape index (κ2) is 6.25. The van der Waals surface area contributed by atoms with E-state index in [1.54, 1.807) is 0 Å². The maximum absolute atomic E-state index is 11.0. The summed E-state index contributed by atoms with van der Waals surface area (Å²) in [5.41, 5.74) is 6.93. The number of hydrogen-bond acceptors (Lipinski definition) is 2. The molecule has 0 aliphatic carbocycles. The Bertz CT molecular complexity index is 750. The number of carboxylic acid groups (broad SMARTS) is 1. The Hall–Kier alpha value is -2.00. The molecular formula is C19H20ClNO2. The minimum absolute atomic E-state index is 0.0383. The number of aliphatic carboxylic acids is 1. The molecule has 3 nitrogen and oxygen atoms in total. The van der Waals surface area contributed by atoms with E-state index in [9.17, 15) is 4.79 Å². The molecule has 1 aliphatic heterocycles. The smallest absolute Gasteiger partial charge is 0.307 e. The number of hydrogen-bond donors (Lipinski definition) is 1. The van der Waals surface area contributed by atoms with E-state index in [1.165, 1.54) is 22.3 Å². The van der Waals surface area contributed by atoms with E-state index in [1.807, 2.05) is 12.1 Å². The molecule has 0 amide bonds. The molecule has 120 valence electrons. The highest BCUT2D eigenvalue weighted by atomic mass is 35.5. The van der Waals surface area contributed by atoms with Gasteiger partial charge in [0.25, 0.3) is 0 Å². The van der Waals surface area contributed by atoms with Crippen LogP contribution in [0.1, 0.15) is 27.8 Å². The Morgan fingerprint density at radius 1 is 1.26 bits per heavy atom. The van der Waals surface area contributed by atoms with Crippen LogP contribution in [0.15, 0.2) is 30.3 Å². The molecule has 1 N–H and O–H groups in total. The summed E-state index contributed by atoms with van der Waals surface area (Å²) in [5, 5.41) is 9.60. The molecule has 0 aromatic heterocycles. The van der Waals surface area contributed by atoms with Crippen LogP contribution in [0.3, 0.4) is 0 Å². The molecule has 0 spiro atoms. The Kier molecular flexibility index (Phi) is 4.31. The maximum atomic E-state index is 11.0. The highest BCUT2D eigenvalue weighted by Gasteiger charge is 2.22. The highest BCUT2D eigenvalue weighted by molar-refractivity contribution is 6.31. The topological polar surface area (TPSA) is 40.5 Å². The zero-order chi connectivity index (χ0) is 16.6. The van der Waals surface area contributed by atoms with Crippen molar-refractivity contribution in [3.8, 4) is 0 Å². The number of nitrogens with zero attached hydrogens (tertiary/aromatic N) is 1. The van der Waals surface area contributed by atoms with E-state index >= 15 is 0 Å². The van der Waals surface area contributed by atoms with Crippen LogP contribution in [0, 0.1) is 13.8 Å². The molecule has 0 saturated heterocycles. The first-order chi connectivity index (χ1) is 11.0. The van der Waals surface area contributed by atoms with Gasteiger partial charge in [0.15, 0.2) is 0 Å². The number of anilines is 1. The monoisotopic (exact) mass is 329 g/mol. The first-order valence-corrected chi connectivity index (χ1v) is 8.16. The van der Waals surface area contributed by atoms with E-state index in [0.717, 1.165) is 25.2 Å². The van der Waals surface area contributed by atoms with Crippen molar-refractivity contribution in [1.29, 1.82) is 0 Å². The lowest BCUT2D eigenvalue weighted by molar-refractivity contribution is -0.136. The Morgan fingerprint density at radius 2 is 1.96 bits per heavy atom. The molecule has 0 saturated carbocycles. The Balaban J connectivity index is 1.93. The van der Waals surface area contributed by atoms with Crippen LogP contribution in [-0.4, -0.2) is 17.6 Å². The molecular weight excluding hydrogens is 310 g/mol. The van der Waals surface area contributed by atoms with Gasteiger partial charge < -0.3 is 10.0 Å². The molecule has 4 heteroatoms. The predicted molar refractivity (Wildman–Crippen MR) is 93.5 cm³/mol. The summed E-state index contributed by atoms with van der Waals surface area (Å²) in [7, 11) is 0. The molecule has 3 rings (SSSR count). The van der Waals surface area contributed by atoms with Crippen LogP contribution in [0.2, 0.25) is 5.02 Å². The van der Waals surface area contributed by atoms with E-state index in [0.29, 0.717) is 10.6 Å². The lowest BCUT2D eigenvalue weighted by Gasteiger charge is -2.22. The van der Waals surface area contributed by atoms with Crippen LogP contribution in [0.5, 0.6) is 0 Å². The fourth-order valence-electron chi connectivity index (χ4n) is 3.27. The number of halogens is 1. The van der Waals surface area contributed by atoms with Gasteiger partial charge >= 0.3 is 5.97 Å². The van der Waals surface area contributed by atoms with E-state index in [2.05, 4.69) is 36.9 Å². The largest absolute Gasteiger partial charge is 0.481 e. The average molecular weight is 330 g/mol. The van der Waals surface area contributed by atoms with Crippen molar-refractivity contribution in [1.82, 2.24) is 0 Å². The lowest BCUT2D eigenvalue weighted by atomic mass is 10.0. The van der Waals surface area contributed by atoms with E-state index in [4.69, 9.17) is 16.7 Å². The van der Waals surface area contributed by atoms with Crippen molar-refractivity contribution < 1.29 is 9.90 Å². The SMILES string of the molecule is Cc1cccc(C)c1CN1CCc2cc(Cl)c(CC(=O)O)cc21. The highest BCUT2D eigenvalue weighted by Crippen LogP contribution is 2.35. The summed E-state index contributed by atoms with van der Waals surface area (Å²) < 4.78 is 0. The van der Waals surface area contributed by atoms with Crippen molar-refractivity contribution in [2.75, 3.05) is 11.4 Å². The third kappa shape index (κ3) is 3.20. The summed E-state index contributed by atoms with van der Waals surface area (Å²) in [5.74, 6) is -0.855. The van der Waals surface area contributed by atoms with Gasteiger partial charge in [-0.05, 0) is 60.2 Å². The molecule has 0 radical (unpaired) electrons. The second-order valence-corrected chi connectivity index (χ2v) is 6.59. The number of rotatable bonds is 4. The van der Waals surface area contributed by atoms with Crippen molar-refractivity contribution in [3.63, 3.8) is 0 Å². The summed E-state index contributed by atoms with van der Waals surface area (Å²) in [6.07, 6.45) is 0.913. The van der Waals surface area contributed by atoms with Gasteiger partial charge in [0, 0.05) is 23.8 Å². The van der Waals surface area contributed by atoms with Crippen molar-refractivity contribution >= 4 is 23.3 Å². The minimum Gasteiger partial charge on any atom is -0.481 e. The summed E-state index contributed by atoms with van der Waals surface area (Å²) in [4.78, 5) is 13.3. The standard InChI is InChI=1S/C19H20ClNO2/c1-12-4-3-5-13(2)16(12)11-21-7-6-14-8-17(20)15(9-18(14)21)10-19(22)23/h3-5,8-9H,6-7,10-11H2,1-2H3,(H,22,23). The Morgan fingerprint density at radius 3 is 2.61 bits per heavy atom. The maximum Gasteiger partial charge on any atom is 0.307 e. The molecule has 0 unspecified atom stereocenters. The summed E-state index contributed by atoms with van der Waals surface area (Å²) in [6, 6.07) is 10.2. The molecule has 0 atom stereocenters. The normalized spacial score (nSPS) is 13.3. The quantitative estimate of drug-likeness (QED) is 0.916. The molecule has 1 heterocycles. The van der Waals surface area contributed by atoms with Gasteiger partial charge in [-0.15, -0.1) is 0 Å². The van der Waals surface area contributed by atoms with Crippen LogP contribution < -0.4 is 4.90 Å². The van der Waals surface area contributed by atoms with Crippen LogP contribution in [0.4, 0.5) is 5.69 Å². The molecule has 0 bridgehead atoms. The second-order valence-electron chi connectivity index (χ2n) is 6.18. The molecule has 1 aliphatic rings. The van der Waals surface area contributed by atoms with Gasteiger partial charge in [-0.2, -0.15) is 0 Å². The molecule has 23 heavy (non-hydrogen) atoms. The average Bonchev–Trinajstić information content (AvgIpc) is 2.85. The first kappa shape index (κ1) is 15.9. The number of carbonyl (C=O) groups is 1. The zero-order valence-corrected chi connectivity index (χ0v) is 14.2. The third-order valence-corrected chi connectivity index (χ3v) is 4.93. The van der Waals surface area contributed by atoms with Gasteiger partial charge in [-0.25, -0.2) is 0 Å². The summed E-state index contributed by atoms with van der Waals surface area (Å²) in [6.45, 7) is 6.06. The minimum atomic E-state index is -0.855. The number of carboxylic acids is 1. The molecule has 2 aromatic rings. The molecule has 2 aromatic carbocycles. The third-order valence-electron chi connectivity index (χ3n) is 4.57. The number of aryl methyl sites for hydroxylation is 2. The molecule has 0 fully saturated rings. The van der Waals surface area contributed by atoms with Gasteiger partial charge in [0.1, 0.15) is 0 Å². The van der Waals surface area contributed by atoms with Crippen molar-refractivity contribution in [2.24, 2.45) is 0 Å². The van der Waals surface area contributed by atoms with Crippen molar-refractivity contribution in [2.45, 2.75) is 33.2 Å². The predicted octanol–water partition coefficient (Wildman–Crippen LogP) is 4.15. The van der Waals surface area contributed by atoms with E-state index in [-0.39, 0.29) is 6.42 Å². The first-order valence-electron chi connectivity index (χ1n) is 7.79. The van der Waals surface area contributed by atoms with Crippen molar-refractivity contribution in [3.05, 3.63) is 63.2 Å². The fourth-order valence-corrected chi connectivity index (χ4v) is 3.52. The zero-order valence-electron chi connectivity index (χ0n) is 13.4. The number of fused-ring (bicyclic) bond motifs is 1. The lowest BCUT2D eigenvalue weighted by Crippen LogP contribution is -2.21. The van der Waals surface area contributed by atoms with E-state index < -0.39 is 5.97 Å². The van der Waals surface area contributed by atoms with Crippen LogP contribution >= 0.6 is 11.6 Å². The Labute approximate surface area is 141 Å². The van der Waals surface area contributed by atoms with Gasteiger partial charge in [0.2, 0.25) is 0 Å². The van der Waals surface area contributed by atoms with Gasteiger partial charge in [0.05, 0.1) is 6.42 Å². The summed E-state index contributed by atoms with van der Waals surface area (Å²) >= 11 is 6.23. The van der Waals surface area contributed by atoms with Crippen LogP contribution in [-0.2, 0) is 24.2 Å². The van der Waals surface area contributed by atoms with Gasteiger partial charge in [-0.3, -0.25) is 4.79 Å². The fraction of sp³-hybridized carbons (Fsp3) is 0.316. The number of benzene rings is 2.